The fourth-order valence-electron chi connectivity index (χ4n) is 0.332. The Morgan fingerprint density at radius 3 is 0.760 bits per heavy atom. The SMILES string of the molecule is CC(=O)C(C)C(=O)[O-].CC(=O)C(C)C(=O)[O-].CC(C)O.CC(C)O.[V+2]. The molecule has 0 aliphatic carbocycles. The van der Waals surface area contributed by atoms with E-state index in [-0.39, 0.29) is 42.3 Å². The largest absolute Gasteiger partial charge is 2.00 e. The monoisotopic (exact) mass is 401 g/mol. The molecule has 0 heterocycles. The van der Waals surface area contributed by atoms with Crippen molar-refractivity contribution < 1.29 is 58.2 Å². The molecule has 0 aromatic carbocycles. The van der Waals surface area contributed by atoms with E-state index in [1.165, 1.54) is 27.7 Å². The van der Waals surface area contributed by atoms with Gasteiger partial charge in [0, 0.05) is 12.2 Å². The third kappa shape index (κ3) is 45.0. The number of carboxylic acids is 2. The number of carboxylic acid groups (broad SMARTS) is 2. The molecular weight excluding hydrogens is 371 g/mol. The Morgan fingerprint density at radius 1 is 0.640 bits per heavy atom. The van der Waals surface area contributed by atoms with Gasteiger partial charge in [-0.25, -0.2) is 0 Å². The summed E-state index contributed by atoms with van der Waals surface area (Å²) < 4.78 is 0. The maximum atomic E-state index is 10.2. The molecule has 9 heteroatoms. The summed E-state index contributed by atoms with van der Waals surface area (Å²) in [5.41, 5.74) is 0. The minimum Gasteiger partial charge on any atom is -0.549 e. The molecule has 2 atom stereocenters. The summed E-state index contributed by atoms with van der Waals surface area (Å²) in [7, 11) is 0. The molecule has 0 fully saturated rings. The number of hydrogen-bond acceptors (Lipinski definition) is 8. The first-order valence-electron chi connectivity index (χ1n) is 7.36. The topological polar surface area (TPSA) is 155 Å². The predicted molar refractivity (Wildman–Crippen MR) is 84.4 cm³/mol. The van der Waals surface area contributed by atoms with Crippen LogP contribution in [-0.2, 0) is 37.7 Å². The van der Waals surface area contributed by atoms with Crippen LogP contribution in [0.1, 0.15) is 55.4 Å². The molecule has 2 unspecified atom stereocenters. The molecule has 0 aliphatic rings. The van der Waals surface area contributed by atoms with Crippen LogP contribution in [0.4, 0.5) is 0 Å². The normalized spacial score (nSPS) is 11.0. The van der Waals surface area contributed by atoms with Crippen molar-refractivity contribution in [2.24, 2.45) is 11.8 Å². The second-order valence-electron chi connectivity index (χ2n) is 5.49. The van der Waals surface area contributed by atoms with Gasteiger partial charge in [0.05, 0.1) is 23.8 Å². The fraction of sp³-hybridized carbons (Fsp3) is 0.750. The number of rotatable bonds is 4. The molecule has 0 aromatic rings. The van der Waals surface area contributed by atoms with Crippen molar-refractivity contribution in [1.29, 1.82) is 0 Å². The zero-order valence-electron chi connectivity index (χ0n) is 16.1. The van der Waals surface area contributed by atoms with Crippen molar-refractivity contribution in [3.63, 3.8) is 0 Å². The zero-order valence-corrected chi connectivity index (χ0v) is 17.5. The third-order valence-corrected chi connectivity index (χ3v) is 1.93. The van der Waals surface area contributed by atoms with Gasteiger partial charge >= 0.3 is 18.6 Å². The average Bonchev–Trinajstić information content (AvgIpc) is 2.35. The van der Waals surface area contributed by atoms with E-state index in [1.54, 1.807) is 27.7 Å². The number of Topliss-reactive ketones (excluding diaryl/α,β-unsaturated/α-hetero) is 2. The molecule has 0 saturated heterocycles. The molecule has 0 aromatic heterocycles. The first-order valence-corrected chi connectivity index (χ1v) is 7.36. The first kappa shape index (κ1) is 35.0. The van der Waals surface area contributed by atoms with E-state index < -0.39 is 23.8 Å². The molecule has 0 saturated carbocycles. The maximum Gasteiger partial charge on any atom is 2.00 e. The standard InChI is InChI=1S/2C5H8O3.2C3H8O.V/c2*1-3(4(2)6)5(7)8;2*1-3(2)4;/h2*3H,1-2H3,(H,7,8);2*3-4H,1-2H3;/q;;;;+2/p-2. The van der Waals surface area contributed by atoms with Gasteiger partial charge in [-0.15, -0.1) is 0 Å². The van der Waals surface area contributed by atoms with E-state index in [0.29, 0.717) is 0 Å². The number of ketones is 2. The maximum absolute atomic E-state index is 10.2. The van der Waals surface area contributed by atoms with E-state index in [1.807, 2.05) is 0 Å². The Hall–Kier alpha value is -1.22. The minimum atomic E-state index is -1.31. The first-order chi connectivity index (χ1) is 10.6. The molecule has 8 nitrogen and oxygen atoms in total. The van der Waals surface area contributed by atoms with Crippen LogP contribution in [0.25, 0.3) is 0 Å². The Kier molecular flexibility index (Phi) is 29.2. The third-order valence-electron chi connectivity index (χ3n) is 1.93. The Balaban J connectivity index is -0.0000000739. The van der Waals surface area contributed by atoms with Gasteiger partial charge in [-0.3, -0.25) is 9.59 Å². The van der Waals surface area contributed by atoms with Gasteiger partial charge in [0.15, 0.2) is 0 Å². The number of aliphatic hydroxyl groups is 2. The van der Waals surface area contributed by atoms with Crippen LogP contribution >= 0.6 is 0 Å². The van der Waals surface area contributed by atoms with Gasteiger partial charge in [-0.1, -0.05) is 13.8 Å². The Morgan fingerprint density at radius 2 is 0.760 bits per heavy atom. The fourth-order valence-corrected chi connectivity index (χ4v) is 0.332. The van der Waals surface area contributed by atoms with Gasteiger partial charge in [-0.05, 0) is 41.5 Å². The van der Waals surface area contributed by atoms with Crippen molar-refractivity contribution in [1.82, 2.24) is 0 Å². The number of carbonyl (C=O) groups is 4. The molecule has 0 bridgehead atoms. The van der Waals surface area contributed by atoms with Gasteiger partial charge < -0.3 is 30.0 Å². The summed E-state index contributed by atoms with van der Waals surface area (Å²) in [6, 6.07) is 0. The van der Waals surface area contributed by atoms with Crippen molar-refractivity contribution >= 4 is 23.5 Å². The van der Waals surface area contributed by atoms with Crippen LogP contribution in [-0.4, -0.2) is 45.9 Å². The summed E-state index contributed by atoms with van der Waals surface area (Å²) in [5, 5.41) is 35.7. The van der Waals surface area contributed by atoms with E-state index in [9.17, 15) is 29.4 Å². The summed E-state index contributed by atoms with van der Waals surface area (Å²) in [6.45, 7) is 11.9. The molecule has 0 rings (SSSR count). The van der Waals surface area contributed by atoms with E-state index in [2.05, 4.69) is 0 Å². The van der Waals surface area contributed by atoms with Crippen molar-refractivity contribution in [2.75, 3.05) is 0 Å². The van der Waals surface area contributed by atoms with Gasteiger partial charge in [0.2, 0.25) is 0 Å². The van der Waals surface area contributed by atoms with Crippen LogP contribution in [0.2, 0.25) is 0 Å². The smallest absolute Gasteiger partial charge is 0.549 e. The molecule has 2 N–H and O–H groups in total. The molecular formula is C16H30O8V. The second kappa shape index (κ2) is 20.8. The summed E-state index contributed by atoms with van der Waals surface area (Å²) >= 11 is 0. The molecule has 0 spiro atoms. The van der Waals surface area contributed by atoms with Gasteiger partial charge in [0.25, 0.3) is 0 Å². The number of aliphatic carboxylic acids is 2. The average molecular weight is 401 g/mol. The van der Waals surface area contributed by atoms with Crippen LogP contribution in [0.5, 0.6) is 0 Å². The predicted octanol–water partition coefficient (Wildman–Crippen LogP) is -1.31. The summed E-state index contributed by atoms with van der Waals surface area (Å²) in [6.07, 6.45) is -0.333. The summed E-state index contributed by atoms with van der Waals surface area (Å²) in [4.78, 5) is 39.9. The Labute approximate surface area is 161 Å². The van der Waals surface area contributed by atoms with Crippen LogP contribution in [0.15, 0.2) is 0 Å². The Bertz CT molecular complexity index is 311. The van der Waals surface area contributed by atoms with Crippen molar-refractivity contribution in [3.8, 4) is 0 Å². The quantitative estimate of drug-likeness (QED) is 0.551. The molecule has 0 aliphatic heterocycles. The van der Waals surface area contributed by atoms with Gasteiger partial charge in [-0.2, -0.15) is 0 Å². The van der Waals surface area contributed by atoms with Gasteiger partial charge in [0.1, 0.15) is 11.6 Å². The zero-order chi connectivity index (χ0) is 20.6. The number of hydrogen-bond donors (Lipinski definition) is 2. The van der Waals surface area contributed by atoms with Crippen LogP contribution in [0.3, 0.4) is 0 Å². The number of aliphatic hydroxyl groups excluding tert-OH is 2. The molecule has 25 heavy (non-hydrogen) atoms. The second-order valence-corrected chi connectivity index (χ2v) is 5.49. The van der Waals surface area contributed by atoms with Crippen LogP contribution < -0.4 is 10.2 Å². The number of carbonyl (C=O) groups excluding carboxylic acids is 4. The summed E-state index contributed by atoms with van der Waals surface area (Å²) in [5.74, 6) is -5.28. The molecule has 1 radical (unpaired) electrons. The van der Waals surface area contributed by atoms with E-state index in [0.717, 1.165) is 0 Å². The van der Waals surface area contributed by atoms with E-state index >= 15 is 0 Å². The molecule has 0 amide bonds. The van der Waals surface area contributed by atoms with Crippen LogP contribution in [0, 0.1) is 11.8 Å². The van der Waals surface area contributed by atoms with Crippen molar-refractivity contribution in [3.05, 3.63) is 0 Å². The molecule has 147 valence electrons. The minimum absolute atomic E-state index is 0. The van der Waals surface area contributed by atoms with Crippen molar-refractivity contribution in [2.45, 2.75) is 67.6 Å². The van der Waals surface area contributed by atoms with E-state index in [4.69, 9.17) is 10.2 Å².